The van der Waals surface area contributed by atoms with Crippen LogP contribution < -0.4 is 9.47 Å². The van der Waals surface area contributed by atoms with Crippen LogP contribution in [0.3, 0.4) is 0 Å². The zero-order valence-electron chi connectivity index (χ0n) is 18.5. The van der Waals surface area contributed by atoms with Gasteiger partial charge in [0.1, 0.15) is 6.10 Å². The predicted molar refractivity (Wildman–Crippen MR) is 116 cm³/mol. The standard InChI is InChI=1S/C24H36N2O4/c1-28-20-9-15-26(16-10-20)24(27)18-7-8-22(23(17-18)29-2)30-21-11-13-25(14-12-21)19-5-3-4-6-19/h7-8,17,19-21H,3-6,9-16H2,1-2H3. The molecule has 3 aliphatic rings. The molecule has 1 amide bonds. The first-order valence-electron chi connectivity index (χ1n) is 11.6. The quantitative estimate of drug-likeness (QED) is 0.707. The summed E-state index contributed by atoms with van der Waals surface area (Å²) in [7, 11) is 3.38. The van der Waals surface area contributed by atoms with Crippen LogP contribution in [0.25, 0.3) is 0 Å². The smallest absolute Gasteiger partial charge is 0.253 e. The summed E-state index contributed by atoms with van der Waals surface area (Å²) in [5.74, 6) is 1.44. The van der Waals surface area contributed by atoms with Gasteiger partial charge in [-0.15, -0.1) is 0 Å². The second-order valence-corrected chi connectivity index (χ2v) is 8.88. The highest BCUT2D eigenvalue weighted by molar-refractivity contribution is 5.95. The molecule has 0 aromatic heterocycles. The topological polar surface area (TPSA) is 51.2 Å². The number of carbonyl (C=O) groups excluding carboxylic acids is 1. The second-order valence-electron chi connectivity index (χ2n) is 8.88. The van der Waals surface area contributed by atoms with Gasteiger partial charge in [0.05, 0.1) is 13.2 Å². The Bertz CT molecular complexity index is 703. The Labute approximate surface area is 180 Å². The number of nitrogens with zero attached hydrogens (tertiary/aromatic N) is 2. The first-order chi connectivity index (χ1) is 14.7. The first-order valence-corrected chi connectivity index (χ1v) is 11.6. The van der Waals surface area contributed by atoms with Crippen molar-refractivity contribution in [2.75, 3.05) is 40.4 Å². The van der Waals surface area contributed by atoms with Crippen molar-refractivity contribution in [1.29, 1.82) is 0 Å². The van der Waals surface area contributed by atoms with E-state index in [0.29, 0.717) is 11.3 Å². The lowest BCUT2D eigenvalue weighted by molar-refractivity contribution is 0.0350. The van der Waals surface area contributed by atoms with Crippen molar-refractivity contribution in [1.82, 2.24) is 9.80 Å². The van der Waals surface area contributed by atoms with Gasteiger partial charge in [0.15, 0.2) is 11.5 Å². The number of amides is 1. The van der Waals surface area contributed by atoms with E-state index < -0.39 is 0 Å². The fraction of sp³-hybridized carbons (Fsp3) is 0.708. The lowest BCUT2D eigenvalue weighted by Crippen LogP contribution is -2.43. The number of likely N-dealkylation sites (tertiary alicyclic amines) is 2. The summed E-state index contributed by atoms with van der Waals surface area (Å²) in [6.45, 7) is 3.70. The molecule has 1 saturated carbocycles. The molecule has 30 heavy (non-hydrogen) atoms. The van der Waals surface area contributed by atoms with E-state index in [9.17, 15) is 4.79 Å². The Kier molecular flexibility index (Phi) is 7.16. The van der Waals surface area contributed by atoms with Crippen molar-refractivity contribution in [3.63, 3.8) is 0 Å². The first kappa shape index (κ1) is 21.4. The van der Waals surface area contributed by atoms with Crippen LogP contribution in [0, 0.1) is 0 Å². The normalized spacial score (nSPS) is 22.4. The molecule has 1 aromatic rings. The largest absolute Gasteiger partial charge is 0.493 e. The molecule has 166 valence electrons. The minimum Gasteiger partial charge on any atom is -0.493 e. The van der Waals surface area contributed by atoms with Gasteiger partial charge in [0.25, 0.3) is 5.91 Å². The lowest BCUT2D eigenvalue weighted by atomic mass is 10.0. The van der Waals surface area contributed by atoms with Gasteiger partial charge in [-0.1, -0.05) is 12.8 Å². The van der Waals surface area contributed by atoms with E-state index in [1.54, 1.807) is 14.2 Å². The van der Waals surface area contributed by atoms with Gasteiger partial charge in [-0.05, 0) is 56.7 Å². The van der Waals surface area contributed by atoms with E-state index in [2.05, 4.69) is 4.90 Å². The van der Waals surface area contributed by atoms with E-state index in [1.165, 1.54) is 25.7 Å². The van der Waals surface area contributed by atoms with Gasteiger partial charge in [0.2, 0.25) is 0 Å². The molecule has 6 heteroatoms. The number of rotatable bonds is 6. The molecule has 0 radical (unpaired) electrons. The number of ether oxygens (including phenoxy) is 3. The number of methoxy groups -OCH3 is 2. The fourth-order valence-electron chi connectivity index (χ4n) is 5.18. The lowest BCUT2D eigenvalue weighted by Gasteiger charge is -2.36. The van der Waals surface area contributed by atoms with Gasteiger partial charge >= 0.3 is 0 Å². The van der Waals surface area contributed by atoms with E-state index in [0.717, 1.165) is 63.7 Å². The number of piperidine rings is 2. The summed E-state index contributed by atoms with van der Waals surface area (Å²) >= 11 is 0. The molecule has 0 bridgehead atoms. The molecule has 0 atom stereocenters. The fourth-order valence-corrected chi connectivity index (χ4v) is 5.18. The highest BCUT2D eigenvalue weighted by Crippen LogP contribution is 2.32. The van der Waals surface area contributed by atoms with Crippen molar-refractivity contribution < 1.29 is 19.0 Å². The van der Waals surface area contributed by atoms with Gasteiger partial charge in [0, 0.05) is 44.9 Å². The zero-order valence-corrected chi connectivity index (χ0v) is 18.5. The molecule has 4 rings (SSSR count). The maximum absolute atomic E-state index is 12.9. The van der Waals surface area contributed by atoms with Gasteiger partial charge in [-0.3, -0.25) is 4.79 Å². The Hall–Kier alpha value is -1.79. The molecule has 0 unspecified atom stereocenters. The number of hydrogen-bond acceptors (Lipinski definition) is 5. The van der Waals surface area contributed by atoms with Gasteiger partial charge < -0.3 is 24.0 Å². The molecule has 2 heterocycles. The molecule has 6 nitrogen and oxygen atoms in total. The zero-order chi connectivity index (χ0) is 20.9. The molecular formula is C24H36N2O4. The average molecular weight is 417 g/mol. The Morgan fingerprint density at radius 1 is 0.867 bits per heavy atom. The van der Waals surface area contributed by atoms with Crippen molar-refractivity contribution in [3.05, 3.63) is 23.8 Å². The van der Waals surface area contributed by atoms with E-state index in [4.69, 9.17) is 14.2 Å². The van der Waals surface area contributed by atoms with E-state index >= 15 is 0 Å². The molecule has 1 aliphatic carbocycles. The predicted octanol–water partition coefficient (Wildman–Crippen LogP) is 3.73. The van der Waals surface area contributed by atoms with Crippen LogP contribution in [0.5, 0.6) is 11.5 Å². The van der Waals surface area contributed by atoms with Crippen LogP contribution in [0.1, 0.15) is 61.7 Å². The molecule has 0 N–H and O–H groups in total. The summed E-state index contributed by atoms with van der Waals surface area (Å²) in [6.07, 6.45) is 9.84. The Morgan fingerprint density at radius 3 is 2.17 bits per heavy atom. The Balaban J connectivity index is 1.34. The van der Waals surface area contributed by atoms with Gasteiger partial charge in [-0.2, -0.15) is 0 Å². The minimum atomic E-state index is 0.0549. The third-order valence-corrected chi connectivity index (χ3v) is 7.08. The molecule has 2 saturated heterocycles. The summed E-state index contributed by atoms with van der Waals surface area (Å²) < 4.78 is 17.3. The highest BCUT2D eigenvalue weighted by Gasteiger charge is 2.29. The SMILES string of the molecule is COc1cc(C(=O)N2CCC(OC)CC2)ccc1OC1CCN(C2CCCC2)CC1. The van der Waals surface area contributed by atoms with Crippen LogP contribution >= 0.6 is 0 Å². The maximum atomic E-state index is 12.9. The van der Waals surface area contributed by atoms with Crippen LogP contribution in [-0.4, -0.2) is 74.4 Å². The van der Waals surface area contributed by atoms with Crippen molar-refractivity contribution in [2.24, 2.45) is 0 Å². The summed E-state index contributed by atoms with van der Waals surface area (Å²) in [4.78, 5) is 17.5. The number of hydrogen-bond donors (Lipinski definition) is 0. The third-order valence-electron chi connectivity index (χ3n) is 7.08. The maximum Gasteiger partial charge on any atom is 0.253 e. The number of benzene rings is 1. The van der Waals surface area contributed by atoms with E-state index in [-0.39, 0.29) is 18.1 Å². The molecular weight excluding hydrogens is 380 g/mol. The van der Waals surface area contributed by atoms with Crippen LogP contribution in [-0.2, 0) is 4.74 Å². The van der Waals surface area contributed by atoms with Gasteiger partial charge in [-0.25, -0.2) is 0 Å². The summed E-state index contributed by atoms with van der Waals surface area (Å²) in [5, 5.41) is 0. The monoisotopic (exact) mass is 416 g/mol. The molecule has 1 aromatic carbocycles. The van der Waals surface area contributed by atoms with Crippen LogP contribution in [0.15, 0.2) is 18.2 Å². The second kappa shape index (κ2) is 10.0. The van der Waals surface area contributed by atoms with Crippen LogP contribution in [0.4, 0.5) is 0 Å². The number of carbonyl (C=O) groups is 1. The van der Waals surface area contributed by atoms with Crippen LogP contribution in [0.2, 0.25) is 0 Å². The van der Waals surface area contributed by atoms with Crippen molar-refractivity contribution >= 4 is 5.91 Å². The van der Waals surface area contributed by atoms with E-state index in [1.807, 2.05) is 23.1 Å². The molecule has 2 aliphatic heterocycles. The average Bonchev–Trinajstić information content (AvgIpc) is 3.34. The third kappa shape index (κ3) is 4.92. The van der Waals surface area contributed by atoms with Crippen molar-refractivity contribution in [2.45, 2.75) is 69.6 Å². The summed E-state index contributed by atoms with van der Waals surface area (Å²) in [5.41, 5.74) is 0.658. The summed E-state index contributed by atoms with van der Waals surface area (Å²) in [6, 6.07) is 6.39. The highest BCUT2D eigenvalue weighted by atomic mass is 16.5. The molecule has 0 spiro atoms. The van der Waals surface area contributed by atoms with Crippen molar-refractivity contribution in [3.8, 4) is 11.5 Å². The minimum absolute atomic E-state index is 0.0549. The molecule has 3 fully saturated rings. The Morgan fingerprint density at radius 2 is 1.53 bits per heavy atom.